The van der Waals surface area contributed by atoms with E-state index >= 15 is 0 Å². The molecule has 1 aliphatic rings. The lowest BCUT2D eigenvalue weighted by Gasteiger charge is -2.39. The van der Waals surface area contributed by atoms with Crippen molar-refractivity contribution in [3.63, 3.8) is 0 Å². The lowest BCUT2D eigenvalue weighted by atomic mass is 10.2. The zero-order valence-corrected chi connectivity index (χ0v) is 12.2. The van der Waals surface area contributed by atoms with Crippen LogP contribution < -0.4 is 5.73 Å². The monoisotopic (exact) mass is 279 g/mol. The topological polar surface area (TPSA) is 66.6 Å². The first-order valence-corrected chi connectivity index (χ1v) is 7.74. The highest BCUT2D eigenvalue weighted by Crippen LogP contribution is 2.16. The molecule has 1 heterocycles. The van der Waals surface area contributed by atoms with Gasteiger partial charge in [0.15, 0.2) is 0 Å². The van der Waals surface area contributed by atoms with Crippen LogP contribution in [0.4, 0.5) is 0 Å². The van der Waals surface area contributed by atoms with Crippen LogP contribution in [0.1, 0.15) is 20.8 Å². The Bertz CT molecular complexity index is 383. The second-order valence-electron chi connectivity index (χ2n) is 4.43. The molecular formula is C10H21N3O2S2. The molecule has 0 saturated carbocycles. The van der Waals surface area contributed by atoms with Gasteiger partial charge in [-0.1, -0.05) is 19.1 Å². The molecule has 1 rings (SSSR count). The Hall–Kier alpha value is -0.240. The summed E-state index contributed by atoms with van der Waals surface area (Å²) in [6.45, 7) is 8.42. The fourth-order valence-corrected chi connectivity index (χ4v) is 3.90. The average Bonchev–Trinajstić information content (AvgIpc) is 2.27. The summed E-state index contributed by atoms with van der Waals surface area (Å²) in [6, 6.07) is 0.238. The maximum absolute atomic E-state index is 12.2. The second kappa shape index (κ2) is 5.60. The smallest absolute Gasteiger partial charge is 0.223 e. The van der Waals surface area contributed by atoms with Crippen molar-refractivity contribution in [3.05, 3.63) is 0 Å². The molecular weight excluding hydrogens is 258 g/mol. The van der Waals surface area contributed by atoms with E-state index in [1.165, 1.54) is 4.31 Å². The summed E-state index contributed by atoms with van der Waals surface area (Å²) in [5, 5.41) is -0.780. The number of thiocarbonyl (C=S) groups is 1. The molecule has 0 aliphatic carbocycles. The van der Waals surface area contributed by atoms with E-state index in [9.17, 15) is 8.42 Å². The van der Waals surface area contributed by atoms with E-state index in [0.717, 1.165) is 13.1 Å². The molecule has 100 valence electrons. The van der Waals surface area contributed by atoms with Crippen LogP contribution in [0.25, 0.3) is 0 Å². The summed E-state index contributed by atoms with van der Waals surface area (Å²) >= 11 is 4.77. The minimum absolute atomic E-state index is 0.0376. The molecule has 0 amide bonds. The molecule has 1 saturated heterocycles. The number of nitrogens with two attached hydrogens (primary N) is 1. The molecule has 17 heavy (non-hydrogen) atoms. The predicted octanol–water partition coefficient (Wildman–Crippen LogP) is 0.0168. The van der Waals surface area contributed by atoms with E-state index < -0.39 is 15.3 Å². The lowest BCUT2D eigenvalue weighted by Crippen LogP contribution is -2.55. The largest absolute Gasteiger partial charge is 0.392 e. The number of likely N-dealkylation sites (N-methyl/N-ethyl adjacent to an activating group) is 1. The van der Waals surface area contributed by atoms with Crippen molar-refractivity contribution < 1.29 is 8.42 Å². The second-order valence-corrected chi connectivity index (χ2v) is 7.15. The van der Waals surface area contributed by atoms with Crippen molar-refractivity contribution in [2.75, 3.05) is 26.2 Å². The quantitative estimate of drug-likeness (QED) is 0.735. The fraction of sp³-hybridized carbons (Fsp3) is 0.900. The van der Waals surface area contributed by atoms with Crippen LogP contribution in [0, 0.1) is 0 Å². The summed E-state index contributed by atoms with van der Waals surface area (Å²) in [5.74, 6) is 0. The molecule has 0 aromatic rings. The molecule has 0 spiro atoms. The first-order valence-electron chi connectivity index (χ1n) is 5.83. The van der Waals surface area contributed by atoms with Crippen LogP contribution >= 0.6 is 12.2 Å². The maximum Gasteiger partial charge on any atom is 0.223 e. The molecule has 0 radical (unpaired) electrons. The van der Waals surface area contributed by atoms with Crippen LogP contribution in [0.3, 0.4) is 0 Å². The van der Waals surface area contributed by atoms with Crippen LogP contribution in [0.2, 0.25) is 0 Å². The highest BCUT2D eigenvalue weighted by molar-refractivity contribution is 7.92. The highest BCUT2D eigenvalue weighted by Gasteiger charge is 2.35. The number of hydrogen-bond acceptors (Lipinski definition) is 4. The fourth-order valence-electron chi connectivity index (χ4n) is 2.03. The molecule has 5 nitrogen and oxygen atoms in total. The van der Waals surface area contributed by atoms with Crippen molar-refractivity contribution in [1.29, 1.82) is 0 Å². The Labute approximate surface area is 109 Å². The minimum Gasteiger partial charge on any atom is -0.392 e. The van der Waals surface area contributed by atoms with Gasteiger partial charge in [0, 0.05) is 25.7 Å². The van der Waals surface area contributed by atoms with Crippen LogP contribution in [0.5, 0.6) is 0 Å². The molecule has 1 aliphatic heterocycles. The molecule has 0 bridgehead atoms. The van der Waals surface area contributed by atoms with Crippen LogP contribution in [-0.4, -0.2) is 60.1 Å². The Kier molecular flexibility index (Phi) is 4.88. The van der Waals surface area contributed by atoms with Gasteiger partial charge in [-0.3, -0.25) is 4.90 Å². The minimum atomic E-state index is -3.39. The summed E-state index contributed by atoms with van der Waals surface area (Å²) < 4.78 is 25.9. The Morgan fingerprint density at radius 3 is 2.53 bits per heavy atom. The summed E-state index contributed by atoms with van der Waals surface area (Å²) in [7, 11) is -3.39. The van der Waals surface area contributed by atoms with Crippen molar-refractivity contribution in [3.8, 4) is 0 Å². The standard InChI is InChI=1S/C10H21N3O2S2/c1-4-12-5-6-13(7-8(12)2)17(14,15)9(3)10(11)16/h8-9H,4-7H2,1-3H3,(H2,11,16). The van der Waals surface area contributed by atoms with Crippen molar-refractivity contribution in [2.45, 2.75) is 32.1 Å². The van der Waals surface area contributed by atoms with E-state index in [4.69, 9.17) is 18.0 Å². The third-order valence-electron chi connectivity index (χ3n) is 3.34. The first kappa shape index (κ1) is 14.8. The normalized spacial score (nSPS) is 25.7. The SMILES string of the molecule is CCN1CCN(S(=O)(=O)C(C)C(N)=S)CC1C. The first-order chi connectivity index (χ1) is 7.80. The molecule has 7 heteroatoms. The maximum atomic E-state index is 12.2. The number of piperazine rings is 1. The third kappa shape index (κ3) is 3.15. The van der Waals surface area contributed by atoms with E-state index in [2.05, 4.69) is 11.8 Å². The van der Waals surface area contributed by atoms with E-state index in [1.807, 2.05) is 6.92 Å². The number of sulfonamides is 1. The number of nitrogens with zero attached hydrogens (tertiary/aromatic N) is 2. The average molecular weight is 279 g/mol. The van der Waals surface area contributed by atoms with Gasteiger partial charge >= 0.3 is 0 Å². The molecule has 0 aromatic heterocycles. The molecule has 0 aromatic carbocycles. The Morgan fingerprint density at radius 2 is 2.12 bits per heavy atom. The van der Waals surface area contributed by atoms with Gasteiger partial charge < -0.3 is 5.73 Å². The lowest BCUT2D eigenvalue weighted by molar-refractivity contribution is 0.135. The van der Waals surface area contributed by atoms with Gasteiger partial charge in [-0.2, -0.15) is 4.31 Å². The predicted molar refractivity (Wildman–Crippen MR) is 73.4 cm³/mol. The Morgan fingerprint density at radius 1 is 1.53 bits per heavy atom. The molecule has 2 N–H and O–H groups in total. The van der Waals surface area contributed by atoms with Gasteiger partial charge in [-0.15, -0.1) is 0 Å². The highest BCUT2D eigenvalue weighted by atomic mass is 32.2. The summed E-state index contributed by atoms with van der Waals surface area (Å²) in [4.78, 5) is 2.30. The van der Waals surface area contributed by atoms with Crippen molar-refractivity contribution >= 4 is 27.2 Å². The number of rotatable bonds is 4. The zero-order valence-electron chi connectivity index (χ0n) is 10.6. The van der Waals surface area contributed by atoms with Crippen molar-refractivity contribution in [1.82, 2.24) is 9.21 Å². The number of hydrogen-bond donors (Lipinski definition) is 1. The van der Waals surface area contributed by atoms with E-state index in [-0.39, 0.29) is 11.0 Å². The van der Waals surface area contributed by atoms with Gasteiger partial charge in [-0.05, 0) is 20.4 Å². The summed E-state index contributed by atoms with van der Waals surface area (Å²) in [6.07, 6.45) is 0. The van der Waals surface area contributed by atoms with Gasteiger partial charge in [-0.25, -0.2) is 8.42 Å². The van der Waals surface area contributed by atoms with Gasteiger partial charge in [0.25, 0.3) is 0 Å². The zero-order chi connectivity index (χ0) is 13.2. The van der Waals surface area contributed by atoms with Crippen molar-refractivity contribution in [2.24, 2.45) is 5.73 Å². The van der Waals surface area contributed by atoms with E-state index in [0.29, 0.717) is 13.1 Å². The van der Waals surface area contributed by atoms with Gasteiger partial charge in [0.2, 0.25) is 10.0 Å². The summed E-state index contributed by atoms with van der Waals surface area (Å²) in [5.41, 5.74) is 5.43. The van der Waals surface area contributed by atoms with Gasteiger partial charge in [0.1, 0.15) is 5.25 Å². The van der Waals surface area contributed by atoms with Gasteiger partial charge in [0.05, 0.1) is 4.99 Å². The van der Waals surface area contributed by atoms with E-state index in [1.54, 1.807) is 6.92 Å². The van der Waals surface area contributed by atoms with Crippen LogP contribution in [0.15, 0.2) is 0 Å². The van der Waals surface area contributed by atoms with Crippen LogP contribution in [-0.2, 0) is 10.0 Å². The molecule has 2 unspecified atom stereocenters. The Balaban J connectivity index is 2.79. The molecule has 1 fully saturated rings. The third-order valence-corrected chi connectivity index (χ3v) is 6.04. The molecule has 2 atom stereocenters.